The average Bonchev–Trinajstić information content (AvgIpc) is 2.28. The summed E-state index contributed by atoms with van der Waals surface area (Å²) in [5.74, 6) is 0.102. The minimum absolute atomic E-state index is 0.353. The predicted molar refractivity (Wildman–Crippen MR) is 68.1 cm³/mol. The predicted octanol–water partition coefficient (Wildman–Crippen LogP) is 2.41. The number of hydrogen-bond donors (Lipinski definition) is 1. The van der Waals surface area contributed by atoms with Gasteiger partial charge >= 0.3 is 5.97 Å². The highest BCUT2D eigenvalue weighted by atomic mass is 16.6. The lowest BCUT2D eigenvalue weighted by atomic mass is 10.1. The zero-order valence-corrected chi connectivity index (χ0v) is 10.4. The van der Waals surface area contributed by atoms with Crippen LogP contribution in [0.4, 0.5) is 5.82 Å². The Morgan fingerprint density at radius 3 is 2.76 bits per heavy atom. The first kappa shape index (κ1) is 13.2. The second-order valence-corrected chi connectivity index (χ2v) is 4.38. The van der Waals surface area contributed by atoms with Gasteiger partial charge in [-0.05, 0) is 44.0 Å². The lowest BCUT2D eigenvalue weighted by molar-refractivity contribution is -0.150. The monoisotopic (exact) mass is 234 g/mol. The van der Waals surface area contributed by atoms with Crippen molar-refractivity contribution in [1.29, 1.82) is 0 Å². The maximum Gasteiger partial charge on any atom is 0.331 e. The topological polar surface area (TPSA) is 65.2 Å². The van der Waals surface area contributed by atoms with Crippen LogP contribution in [-0.4, -0.2) is 16.6 Å². The van der Waals surface area contributed by atoms with Crippen molar-refractivity contribution < 1.29 is 9.53 Å². The molecule has 17 heavy (non-hydrogen) atoms. The molecular formula is C13H18N2O2. The van der Waals surface area contributed by atoms with Crippen LogP contribution in [0.1, 0.15) is 32.8 Å². The SMILES string of the molecule is CCC(C)(C)OC(=O)/C=C/c1ccc(N)nc1. The van der Waals surface area contributed by atoms with Gasteiger partial charge in [-0.1, -0.05) is 6.92 Å². The van der Waals surface area contributed by atoms with Crippen molar-refractivity contribution in [1.82, 2.24) is 4.98 Å². The van der Waals surface area contributed by atoms with Gasteiger partial charge in [-0.2, -0.15) is 0 Å². The number of nitrogens with two attached hydrogens (primary N) is 1. The van der Waals surface area contributed by atoms with Crippen molar-refractivity contribution in [2.75, 3.05) is 5.73 Å². The van der Waals surface area contributed by atoms with Crippen molar-refractivity contribution in [3.63, 3.8) is 0 Å². The molecular weight excluding hydrogens is 216 g/mol. The summed E-state index contributed by atoms with van der Waals surface area (Å²) in [6, 6.07) is 3.47. The standard InChI is InChI=1S/C13H18N2O2/c1-4-13(2,3)17-12(16)8-6-10-5-7-11(14)15-9-10/h5-9H,4H2,1-3H3,(H2,14,15)/b8-6+. The zero-order chi connectivity index (χ0) is 12.9. The molecule has 1 rings (SSSR count). The fraction of sp³-hybridized carbons (Fsp3) is 0.385. The lowest BCUT2D eigenvalue weighted by Gasteiger charge is -2.22. The highest BCUT2D eigenvalue weighted by Gasteiger charge is 2.18. The molecule has 0 saturated heterocycles. The molecule has 0 aromatic carbocycles. The number of hydrogen-bond acceptors (Lipinski definition) is 4. The number of ether oxygens (including phenoxy) is 1. The van der Waals surface area contributed by atoms with Crippen molar-refractivity contribution in [2.24, 2.45) is 0 Å². The maximum absolute atomic E-state index is 11.5. The fourth-order valence-electron chi connectivity index (χ4n) is 1.06. The van der Waals surface area contributed by atoms with Gasteiger partial charge in [0.05, 0.1) is 0 Å². The number of carbonyl (C=O) groups is 1. The molecule has 2 N–H and O–H groups in total. The number of pyridine rings is 1. The number of esters is 1. The van der Waals surface area contributed by atoms with Crippen molar-refractivity contribution >= 4 is 17.9 Å². The van der Waals surface area contributed by atoms with Gasteiger partial charge in [-0.3, -0.25) is 0 Å². The van der Waals surface area contributed by atoms with E-state index in [1.807, 2.05) is 20.8 Å². The van der Waals surface area contributed by atoms with Crippen molar-refractivity contribution in [3.8, 4) is 0 Å². The van der Waals surface area contributed by atoms with Crippen LogP contribution in [0, 0.1) is 0 Å². The van der Waals surface area contributed by atoms with E-state index in [0.29, 0.717) is 5.82 Å². The minimum atomic E-state index is -0.430. The molecule has 0 aliphatic carbocycles. The summed E-state index contributed by atoms with van der Waals surface area (Å²) in [7, 11) is 0. The van der Waals surface area contributed by atoms with E-state index in [4.69, 9.17) is 10.5 Å². The quantitative estimate of drug-likeness (QED) is 0.641. The summed E-state index contributed by atoms with van der Waals surface area (Å²) in [6.07, 6.45) is 5.42. The molecule has 0 bridgehead atoms. The van der Waals surface area contributed by atoms with Crippen LogP contribution >= 0.6 is 0 Å². The maximum atomic E-state index is 11.5. The van der Waals surface area contributed by atoms with Gasteiger partial charge in [-0.25, -0.2) is 9.78 Å². The van der Waals surface area contributed by atoms with Gasteiger partial charge in [0.1, 0.15) is 11.4 Å². The van der Waals surface area contributed by atoms with Gasteiger partial charge in [-0.15, -0.1) is 0 Å². The largest absolute Gasteiger partial charge is 0.457 e. The number of nitrogen functional groups attached to an aromatic ring is 1. The number of rotatable bonds is 4. The van der Waals surface area contributed by atoms with Crippen molar-refractivity contribution in [2.45, 2.75) is 32.8 Å². The summed E-state index contributed by atoms with van der Waals surface area (Å²) in [5.41, 5.74) is 5.84. The summed E-state index contributed by atoms with van der Waals surface area (Å²) in [4.78, 5) is 15.4. The Morgan fingerprint density at radius 2 is 2.24 bits per heavy atom. The van der Waals surface area contributed by atoms with Gasteiger partial charge in [0.15, 0.2) is 0 Å². The van der Waals surface area contributed by atoms with Crippen LogP contribution in [0.5, 0.6) is 0 Å². The molecule has 0 atom stereocenters. The summed E-state index contributed by atoms with van der Waals surface area (Å²) in [6.45, 7) is 5.73. The molecule has 0 saturated carbocycles. The molecule has 1 heterocycles. The Balaban J connectivity index is 2.60. The first-order valence-corrected chi connectivity index (χ1v) is 5.55. The highest BCUT2D eigenvalue weighted by Crippen LogP contribution is 2.14. The van der Waals surface area contributed by atoms with Gasteiger partial charge in [0.25, 0.3) is 0 Å². The lowest BCUT2D eigenvalue weighted by Crippen LogP contribution is -2.25. The Bertz CT molecular complexity index is 408. The Kier molecular flexibility index (Phi) is 4.26. The third kappa shape index (κ3) is 4.68. The molecule has 0 unspecified atom stereocenters. The smallest absolute Gasteiger partial charge is 0.331 e. The molecule has 0 radical (unpaired) electrons. The molecule has 4 nitrogen and oxygen atoms in total. The van der Waals surface area contributed by atoms with E-state index < -0.39 is 5.60 Å². The van der Waals surface area contributed by atoms with Crippen LogP contribution in [0.25, 0.3) is 6.08 Å². The van der Waals surface area contributed by atoms with Gasteiger partial charge in [0.2, 0.25) is 0 Å². The molecule has 0 amide bonds. The van der Waals surface area contributed by atoms with Gasteiger partial charge < -0.3 is 10.5 Å². The third-order valence-electron chi connectivity index (χ3n) is 2.45. The second-order valence-electron chi connectivity index (χ2n) is 4.38. The number of carbonyl (C=O) groups excluding carboxylic acids is 1. The Morgan fingerprint density at radius 1 is 1.53 bits per heavy atom. The summed E-state index contributed by atoms with van der Waals surface area (Å²) in [5, 5.41) is 0. The first-order valence-electron chi connectivity index (χ1n) is 5.55. The molecule has 0 aliphatic heterocycles. The van der Waals surface area contributed by atoms with Crippen LogP contribution < -0.4 is 5.73 Å². The fourth-order valence-corrected chi connectivity index (χ4v) is 1.06. The molecule has 4 heteroatoms. The second kappa shape index (κ2) is 5.48. The summed E-state index contributed by atoms with van der Waals surface area (Å²) < 4.78 is 5.26. The number of aromatic nitrogens is 1. The molecule has 1 aromatic rings. The average molecular weight is 234 g/mol. The first-order chi connectivity index (χ1) is 7.93. The van der Waals surface area contributed by atoms with Crippen LogP contribution in [0.3, 0.4) is 0 Å². The Labute approximate surface area is 101 Å². The Hall–Kier alpha value is -1.84. The van der Waals surface area contributed by atoms with E-state index in [0.717, 1.165) is 12.0 Å². The molecule has 0 aliphatic rings. The van der Waals surface area contributed by atoms with E-state index in [9.17, 15) is 4.79 Å². The molecule has 0 fully saturated rings. The number of nitrogens with zero attached hydrogens (tertiary/aromatic N) is 1. The van der Waals surface area contributed by atoms with E-state index in [1.54, 1.807) is 24.4 Å². The summed E-state index contributed by atoms with van der Waals surface area (Å²) >= 11 is 0. The molecule has 0 spiro atoms. The van der Waals surface area contributed by atoms with Crippen LogP contribution in [-0.2, 0) is 9.53 Å². The third-order valence-corrected chi connectivity index (χ3v) is 2.45. The number of anilines is 1. The normalized spacial score (nSPS) is 11.7. The minimum Gasteiger partial charge on any atom is -0.457 e. The van der Waals surface area contributed by atoms with Crippen LogP contribution in [0.2, 0.25) is 0 Å². The highest BCUT2D eigenvalue weighted by molar-refractivity contribution is 5.87. The van der Waals surface area contributed by atoms with E-state index in [1.165, 1.54) is 6.08 Å². The zero-order valence-electron chi connectivity index (χ0n) is 10.4. The van der Waals surface area contributed by atoms with E-state index in [-0.39, 0.29) is 5.97 Å². The molecule has 92 valence electrons. The van der Waals surface area contributed by atoms with Crippen LogP contribution in [0.15, 0.2) is 24.4 Å². The molecule has 1 aromatic heterocycles. The van der Waals surface area contributed by atoms with E-state index in [2.05, 4.69) is 4.98 Å². The van der Waals surface area contributed by atoms with Crippen molar-refractivity contribution in [3.05, 3.63) is 30.0 Å². The van der Waals surface area contributed by atoms with E-state index >= 15 is 0 Å². The van der Waals surface area contributed by atoms with Gasteiger partial charge in [0, 0.05) is 12.3 Å².